The minimum Gasteiger partial charge on any atom is -0.211 e. The summed E-state index contributed by atoms with van der Waals surface area (Å²) in [7, 11) is -1.31. The summed E-state index contributed by atoms with van der Waals surface area (Å²) < 4.78 is 12.9. The van der Waals surface area contributed by atoms with Crippen LogP contribution in [0.25, 0.3) is 0 Å². The second-order valence-electron chi connectivity index (χ2n) is 4.32. The summed E-state index contributed by atoms with van der Waals surface area (Å²) in [4.78, 5) is 0. The summed E-state index contributed by atoms with van der Waals surface area (Å²) in [6.07, 6.45) is 3.48. The Balaban J connectivity index is 2.49. The van der Waals surface area contributed by atoms with E-state index in [0.29, 0.717) is 0 Å². The quantitative estimate of drug-likeness (QED) is 0.432. The maximum atomic E-state index is 12.9. The van der Waals surface area contributed by atoms with Gasteiger partial charge in [0.25, 0.3) is 0 Å². The van der Waals surface area contributed by atoms with Crippen LogP contribution in [0, 0.1) is 17.4 Å². The smallest absolute Gasteiger partial charge is 0.129 e. The van der Waals surface area contributed by atoms with E-state index in [0.717, 1.165) is 12.8 Å². The first-order valence-electron chi connectivity index (χ1n) is 4.37. The lowest BCUT2D eigenvalue weighted by Gasteiger charge is -2.02. The summed E-state index contributed by atoms with van der Waals surface area (Å²) in [6, 6.07) is 0. The molecule has 0 N–H and O–H groups in total. The van der Waals surface area contributed by atoms with Crippen molar-refractivity contribution in [2.75, 3.05) is 0 Å². The van der Waals surface area contributed by atoms with Gasteiger partial charge in [0.05, 0.1) is 0 Å². The highest BCUT2D eigenvalue weighted by Crippen LogP contribution is 2.36. The largest absolute Gasteiger partial charge is 0.211 e. The maximum Gasteiger partial charge on any atom is 0.129 e. The Morgan fingerprint density at radius 2 is 2.00 bits per heavy atom. The molecule has 2 heteroatoms. The van der Waals surface area contributed by atoms with Crippen LogP contribution in [-0.2, 0) is 0 Å². The van der Waals surface area contributed by atoms with Gasteiger partial charge >= 0.3 is 0 Å². The molecule has 0 spiro atoms. The summed E-state index contributed by atoms with van der Waals surface area (Å²) in [6.45, 7) is 6.47. The second-order valence-corrected chi connectivity index (χ2v) is 9.07. The van der Waals surface area contributed by atoms with E-state index in [2.05, 4.69) is 31.1 Å². The highest BCUT2D eigenvalue weighted by atomic mass is 28.3. The summed E-state index contributed by atoms with van der Waals surface area (Å²) in [5, 5.41) is 0. The standard InChI is InChI=1S/C10H15FSi/c1-12(2,3)8-4-5-10(11)9-6-7-9/h5,9H,6-7H2,1-3H3/b10-5-. The third kappa shape index (κ3) is 3.73. The molecule has 66 valence electrons. The van der Waals surface area contributed by atoms with Gasteiger partial charge in [-0.2, -0.15) is 0 Å². The fourth-order valence-electron chi connectivity index (χ4n) is 0.798. The van der Waals surface area contributed by atoms with Crippen LogP contribution in [0.3, 0.4) is 0 Å². The summed E-state index contributed by atoms with van der Waals surface area (Å²) in [5.74, 6) is 3.02. The molecule has 0 unspecified atom stereocenters. The van der Waals surface area contributed by atoms with Crippen molar-refractivity contribution < 1.29 is 4.39 Å². The maximum absolute atomic E-state index is 12.9. The molecule has 0 nitrogen and oxygen atoms in total. The van der Waals surface area contributed by atoms with Crippen molar-refractivity contribution >= 4 is 8.07 Å². The Bertz CT molecular complexity index is 245. The lowest BCUT2D eigenvalue weighted by atomic mass is 10.3. The van der Waals surface area contributed by atoms with Crippen molar-refractivity contribution in [2.24, 2.45) is 5.92 Å². The molecule has 12 heavy (non-hydrogen) atoms. The normalized spacial score (nSPS) is 18.5. The van der Waals surface area contributed by atoms with Crippen LogP contribution >= 0.6 is 0 Å². The van der Waals surface area contributed by atoms with Crippen LogP contribution in [-0.4, -0.2) is 8.07 Å². The van der Waals surface area contributed by atoms with Crippen molar-refractivity contribution in [3.63, 3.8) is 0 Å². The molecule has 1 aliphatic carbocycles. The molecule has 0 bridgehead atoms. The average Bonchev–Trinajstić information content (AvgIpc) is 2.64. The SMILES string of the molecule is C[Si](C)(C)C#C/C=C(\F)C1CC1. The Kier molecular flexibility index (Phi) is 2.74. The zero-order chi connectivity index (χ0) is 9.19. The van der Waals surface area contributed by atoms with Crippen LogP contribution in [0.4, 0.5) is 4.39 Å². The lowest BCUT2D eigenvalue weighted by Crippen LogP contribution is -2.16. The van der Waals surface area contributed by atoms with E-state index in [1.54, 1.807) is 0 Å². The molecule has 0 aromatic carbocycles. The van der Waals surface area contributed by atoms with Crippen molar-refractivity contribution in [1.29, 1.82) is 0 Å². The van der Waals surface area contributed by atoms with Crippen molar-refractivity contribution in [3.05, 3.63) is 11.9 Å². The molecule has 0 atom stereocenters. The van der Waals surface area contributed by atoms with Gasteiger partial charge in [-0.1, -0.05) is 25.6 Å². The van der Waals surface area contributed by atoms with E-state index in [1.807, 2.05) is 0 Å². The minimum atomic E-state index is -1.31. The molecule has 0 aromatic heterocycles. The number of allylic oxidation sites excluding steroid dienone is 2. The van der Waals surface area contributed by atoms with E-state index < -0.39 is 8.07 Å². The minimum absolute atomic E-state index is 0.0132. The molecule has 0 amide bonds. The van der Waals surface area contributed by atoms with Gasteiger partial charge in [-0.15, -0.1) is 5.54 Å². The van der Waals surface area contributed by atoms with Gasteiger partial charge in [-0.05, 0) is 12.8 Å². The van der Waals surface area contributed by atoms with E-state index in [4.69, 9.17) is 0 Å². The highest BCUT2D eigenvalue weighted by Gasteiger charge is 2.25. The van der Waals surface area contributed by atoms with Crippen LogP contribution in [0.2, 0.25) is 19.6 Å². The Morgan fingerprint density at radius 3 is 2.42 bits per heavy atom. The van der Waals surface area contributed by atoms with Gasteiger partial charge in [0.1, 0.15) is 13.9 Å². The molecule has 1 aliphatic rings. The van der Waals surface area contributed by atoms with Crippen LogP contribution in [0.15, 0.2) is 11.9 Å². The number of hydrogen-bond donors (Lipinski definition) is 0. The van der Waals surface area contributed by atoms with Gasteiger partial charge in [0, 0.05) is 12.0 Å². The zero-order valence-electron chi connectivity index (χ0n) is 7.95. The van der Waals surface area contributed by atoms with E-state index in [1.165, 1.54) is 6.08 Å². The van der Waals surface area contributed by atoms with Gasteiger partial charge in [0.15, 0.2) is 0 Å². The fourth-order valence-corrected chi connectivity index (χ4v) is 1.30. The average molecular weight is 182 g/mol. The Labute approximate surface area is 74.9 Å². The van der Waals surface area contributed by atoms with Gasteiger partial charge in [0.2, 0.25) is 0 Å². The molecule has 1 fully saturated rings. The molecule has 1 rings (SSSR count). The Morgan fingerprint density at radius 1 is 1.42 bits per heavy atom. The second kappa shape index (κ2) is 3.45. The number of halogens is 1. The van der Waals surface area contributed by atoms with Gasteiger partial charge in [-0.25, -0.2) is 4.39 Å². The summed E-state index contributed by atoms with van der Waals surface area (Å²) in [5.41, 5.74) is 3.11. The molecular weight excluding hydrogens is 167 g/mol. The molecule has 0 aromatic rings. The van der Waals surface area contributed by atoms with Crippen molar-refractivity contribution in [3.8, 4) is 11.5 Å². The van der Waals surface area contributed by atoms with E-state index in [-0.39, 0.29) is 11.7 Å². The lowest BCUT2D eigenvalue weighted by molar-refractivity contribution is 0.579. The van der Waals surface area contributed by atoms with Gasteiger partial charge < -0.3 is 0 Å². The fraction of sp³-hybridized carbons (Fsp3) is 0.600. The molecule has 0 radical (unpaired) electrons. The summed E-state index contributed by atoms with van der Waals surface area (Å²) >= 11 is 0. The van der Waals surface area contributed by atoms with Crippen molar-refractivity contribution in [2.45, 2.75) is 32.5 Å². The first kappa shape index (κ1) is 9.53. The predicted molar refractivity (Wildman–Crippen MR) is 53.0 cm³/mol. The Hall–Kier alpha value is -0.553. The van der Waals surface area contributed by atoms with Crippen LogP contribution < -0.4 is 0 Å². The van der Waals surface area contributed by atoms with Crippen LogP contribution in [0.5, 0.6) is 0 Å². The zero-order valence-corrected chi connectivity index (χ0v) is 8.95. The van der Waals surface area contributed by atoms with Gasteiger partial charge in [-0.3, -0.25) is 0 Å². The topological polar surface area (TPSA) is 0 Å². The highest BCUT2D eigenvalue weighted by molar-refractivity contribution is 6.83. The molecule has 0 heterocycles. The van der Waals surface area contributed by atoms with E-state index in [9.17, 15) is 4.39 Å². The molecule has 0 aliphatic heterocycles. The van der Waals surface area contributed by atoms with Crippen molar-refractivity contribution in [1.82, 2.24) is 0 Å². The third-order valence-electron chi connectivity index (χ3n) is 1.62. The van der Waals surface area contributed by atoms with E-state index >= 15 is 0 Å². The molecule has 0 saturated heterocycles. The first-order chi connectivity index (χ1) is 5.49. The van der Waals surface area contributed by atoms with Crippen LogP contribution in [0.1, 0.15) is 12.8 Å². The monoisotopic (exact) mass is 182 g/mol. The predicted octanol–water partition coefficient (Wildman–Crippen LogP) is 3.13. The molecule has 1 saturated carbocycles. The first-order valence-corrected chi connectivity index (χ1v) is 7.87. The number of rotatable bonds is 1. The molecular formula is C10H15FSi. The third-order valence-corrected chi connectivity index (χ3v) is 2.52. The number of hydrogen-bond acceptors (Lipinski definition) is 0.